The predicted octanol–water partition coefficient (Wildman–Crippen LogP) is 4.87. The van der Waals surface area contributed by atoms with E-state index in [0.717, 1.165) is 17.1 Å². The molecule has 0 bridgehead atoms. The minimum Gasteiger partial charge on any atom is -0.479 e. The molecule has 0 spiro atoms. The zero-order valence-corrected chi connectivity index (χ0v) is 19.5. The lowest BCUT2D eigenvalue weighted by molar-refractivity contribution is -0.138. The van der Waals surface area contributed by atoms with Gasteiger partial charge in [-0.15, -0.1) is 10.2 Å². The van der Waals surface area contributed by atoms with Crippen LogP contribution >= 0.6 is 23.2 Å². The number of aromatic nitrogens is 2. The van der Waals surface area contributed by atoms with Crippen LogP contribution in [-0.2, 0) is 4.79 Å². The Balaban J connectivity index is 1.33. The topological polar surface area (TPSA) is 58.6 Å². The maximum Gasteiger partial charge on any atom is 0.263 e. The molecule has 1 fully saturated rings. The Kier molecular flexibility index (Phi) is 6.82. The molecule has 3 aromatic rings. The van der Waals surface area contributed by atoms with Gasteiger partial charge in [0.05, 0.1) is 10.7 Å². The third-order valence-corrected chi connectivity index (χ3v) is 5.99. The van der Waals surface area contributed by atoms with Crippen molar-refractivity contribution in [3.05, 3.63) is 70.2 Å². The lowest BCUT2D eigenvalue weighted by Gasteiger charge is -2.36. The van der Waals surface area contributed by atoms with Crippen molar-refractivity contribution in [1.29, 1.82) is 0 Å². The highest BCUT2D eigenvalue weighted by Crippen LogP contribution is 2.28. The van der Waals surface area contributed by atoms with Crippen molar-refractivity contribution in [3.63, 3.8) is 0 Å². The number of aryl methyl sites for hydroxylation is 1. The van der Waals surface area contributed by atoms with Crippen LogP contribution in [0, 0.1) is 6.92 Å². The summed E-state index contributed by atoms with van der Waals surface area (Å²) in [4.78, 5) is 16.8. The number of anilines is 1. The molecular formula is C24H24Cl2N4O2. The summed E-state index contributed by atoms with van der Waals surface area (Å²) in [5.74, 6) is 1.18. The van der Waals surface area contributed by atoms with Gasteiger partial charge < -0.3 is 14.5 Å². The summed E-state index contributed by atoms with van der Waals surface area (Å²) < 4.78 is 5.77. The van der Waals surface area contributed by atoms with E-state index in [2.05, 4.69) is 34.2 Å². The second kappa shape index (κ2) is 9.76. The molecule has 1 aromatic heterocycles. The minimum absolute atomic E-state index is 0.0727. The van der Waals surface area contributed by atoms with E-state index in [1.54, 1.807) is 30.0 Å². The number of nitrogens with zero attached hydrogens (tertiary/aromatic N) is 4. The fourth-order valence-corrected chi connectivity index (χ4v) is 4.05. The Morgan fingerprint density at radius 1 is 0.969 bits per heavy atom. The Hall–Kier alpha value is -2.83. The average molecular weight is 471 g/mol. The summed E-state index contributed by atoms with van der Waals surface area (Å²) in [6.45, 7) is 6.32. The van der Waals surface area contributed by atoms with Crippen LogP contribution < -0.4 is 9.64 Å². The number of rotatable bonds is 5. The molecule has 1 atom stereocenters. The summed E-state index contributed by atoms with van der Waals surface area (Å²) in [5, 5.41) is 9.69. The first-order valence-electron chi connectivity index (χ1n) is 10.5. The lowest BCUT2D eigenvalue weighted by atomic mass is 10.1. The standard InChI is InChI=1S/C24H24Cl2N4O2/c1-16-3-5-18(6-4-16)21-8-10-23(28-27-21)29-11-13-30(14-12-29)24(31)17(2)32-22-9-7-19(25)15-20(22)26/h3-10,15,17H,11-14H2,1-2H3. The third-order valence-electron chi connectivity index (χ3n) is 5.46. The highest BCUT2D eigenvalue weighted by Gasteiger charge is 2.27. The first-order chi connectivity index (χ1) is 15.4. The summed E-state index contributed by atoms with van der Waals surface area (Å²) >= 11 is 12.1. The van der Waals surface area contributed by atoms with E-state index < -0.39 is 6.10 Å². The molecule has 1 aliphatic rings. The van der Waals surface area contributed by atoms with Gasteiger partial charge in [-0.3, -0.25) is 4.79 Å². The molecule has 4 rings (SSSR count). The zero-order chi connectivity index (χ0) is 22.7. The molecule has 32 heavy (non-hydrogen) atoms. The quantitative estimate of drug-likeness (QED) is 0.531. The molecule has 0 saturated carbocycles. The predicted molar refractivity (Wildman–Crippen MR) is 128 cm³/mol. The number of hydrogen-bond acceptors (Lipinski definition) is 5. The van der Waals surface area contributed by atoms with Crippen LogP contribution in [0.5, 0.6) is 5.75 Å². The molecule has 2 heterocycles. The van der Waals surface area contributed by atoms with E-state index in [4.69, 9.17) is 27.9 Å². The molecule has 8 heteroatoms. The smallest absolute Gasteiger partial charge is 0.263 e. The maximum absolute atomic E-state index is 12.8. The monoisotopic (exact) mass is 470 g/mol. The van der Waals surface area contributed by atoms with E-state index in [9.17, 15) is 4.79 Å². The Bertz CT molecular complexity index is 1080. The van der Waals surface area contributed by atoms with E-state index in [1.807, 2.05) is 24.3 Å². The highest BCUT2D eigenvalue weighted by molar-refractivity contribution is 6.35. The van der Waals surface area contributed by atoms with Crippen molar-refractivity contribution in [2.24, 2.45) is 0 Å². The van der Waals surface area contributed by atoms with Gasteiger partial charge in [0.25, 0.3) is 5.91 Å². The molecule has 0 aliphatic carbocycles. The normalized spacial score (nSPS) is 14.9. The summed E-state index contributed by atoms with van der Waals surface area (Å²) in [6.07, 6.45) is -0.645. The maximum atomic E-state index is 12.8. The highest BCUT2D eigenvalue weighted by atomic mass is 35.5. The van der Waals surface area contributed by atoms with Crippen molar-refractivity contribution in [1.82, 2.24) is 15.1 Å². The zero-order valence-electron chi connectivity index (χ0n) is 18.0. The molecule has 6 nitrogen and oxygen atoms in total. The molecule has 1 saturated heterocycles. The van der Waals surface area contributed by atoms with Gasteiger partial charge in [0.1, 0.15) is 5.75 Å². The van der Waals surface area contributed by atoms with Crippen molar-refractivity contribution in [2.45, 2.75) is 20.0 Å². The SMILES string of the molecule is Cc1ccc(-c2ccc(N3CCN(C(=O)C(C)Oc4ccc(Cl)cc4Cl)CC3)nn2)cc1. The van der Waals surface area contributed by atoms with E-state index in [1.165, 1.54) is 5.56 Å². The van der Waals surface area contributed by atoms with Crippen LogP contribution in [0.2, 0.25) is 10.0 Å². The summed E-state index contributed by atoms with van der Waals surface area (Å²) in [7, 11) is 0. The van der Waals surface area contributed by atoms with Crippen molar-refractivity contribution in [2.75, 3.05) is 31.1 Å². The second-order valence-corrected chi connectivity index (χ2v) is 8.63. The Morgan fingerprint density at radius 2 is 1.69 bits per heavy atom. The van der Waals surface area contributed by atoms with Crippen LogP contribution in [0.15, 0.2) is 54.6 Å². The third kappa shape index (κ3) is 5.14. The molecule has 0 radical (unpaired) electrons. The first kappa shape index (κ1) is 22.4. The molecule has 1 amide bonds. The fraction of sp³-hybridized carbons (Fsp3) is 0.292. The van der Waals surface area contributed by atoms with Crippen molar-refractivity contribution >= 4 is 34.9 Å². The lowest BCUT2D eigenvalue weighted by Crippen LogP contribution is -2.52. The summed E-state index contributed by atoms with van der Waals surface area (Å²) in [6, 6.07) is 17.1. The number of ether oxygens (including phenoxy) is 1. The van der Waals surface area contributed by atoms with Crippen LogP contribution in [0.4, 0.5) is 5.82 Å². The fourth-order valence-electron chi connectivity index (χ4n) is 3.60. The van der Waals surface area contributed by atoms with Gasteiger partial charge >= 0.3 is 0 Å². The Morgan fingerprint density at radius 3 is 2.31 bits per heavy atom. The largest absolute Gasteiger partial charge is 0.479 e. The van der Waals surface area contributed by atoms with Gasteiger partial charge in [0, 0.05) is 36.8 Å². The van der Waals surface area contributed by atoms with Crippen molar-refractivity contribution < 1.29 is 9.53 Å². The number of amides is 1. The minimum atomic E-state index is -0.645. The van der Waals surface area contributed by atoms with Gasteiger partial charge in [-0.25, -0.2) is 0 Å². The number of hydrogen-bond donors (Lipinski definition) is 0. The first-order valence-corrected chi connectivity index (χ1v) is 11.2. The van der Waals surface area contributed by atoms with Crippen LogP contribution in [0.25, 0.3) is 11.3 Å². The van der Waals surface area contributed by atoms with E-state index >= 15 is 0 Å². The molecule has 1 unspecified atom stereocenters. The van der Waals surface area contributed by atoms with Gasteiger partial charge in [-0.05, 0) is 44.2 Å². The van der Waals surface area contributed by atoms with Gasteiger partial charge in [-0.2, -0.15) is 0 Å². The van der Waals surface area contributed by atoms with Crippen LogP contribution in [0.1, 0.15) is 12.5 Å². The average Bonchev–Trinajstić information content (AvgIpc) is 2.81. The van der Waals surface area contributed by atoms with Crippen LogP contribution in [0.3, 0.4) is 0 Å². The Labute approximate surface area is 197 Å². The molecule has 1 aliphatic heterocycles. The number of carbonyl (C=O) groups is 1. The van der Waals surface area contributed by atoms with E-state index in [-0.39, 0.29) is 5.91 Å². The van der Waals surface area contributed by atoms with Gasteiger partial charge in [-0.1, -0.05) is 53.0 Å². The number of halogens is 2. The second-order valence-electron chi connectivity index (χ2n) is 7.79. The van der Waals surface area contributed by atoms with Gasteiger partial charge in [0.2, 0.25) is 0 Å². The number of piperazine rings is 1. The molecule has 166 valence electrons. The molecule has 2 aromatic carbocycles. The van der Waals surface area contributed by atoms with Crippen molar-refractivity contribution in [3.8, 4) is 17.0 Å². The van der Waals surface area contributed by atoms with Crippen LogP contribution in [-0.4, -0.2) is 53.3 Å². The molecule has 0 N–H and O–H groups in total. The number of carbonyl (C=O) groups excluding carboxylic acids is 1. The van der Waals surface area contributed by atoms with Gasteiger partial charge in [0.15, 0.2) is 11.9 Å². The van der Waals surface area contributed by atoms with E-state index in [0.29, 0.717) is 42.0 Å². The number of benzene rings is 2. The molecular weight excluding hydrogens is 447 g/mol. The summed E-state index contributed by atoms with van der Waals surface area (Å²) in [5.41, 5.74) is 3.09.